The number of aldehydes is 1. The highest BCUT2D eigenvalue weighted by Crippen LogP contribution is 2.14. The molecule has 0 fully saturated rings. The van der Waals surface area contributed by atoms with Crippen LogP contribution in [0.25, 0.3) is 6.08 Å². The van der Waals surface area contributed by atoms with Crippen molar-refractivity contribution >= 4 is 18.3 Å². The van der Waals surface area contributed by atoms with Crippen molar-refractivity contribution in [2.75, 3.05) is 7.11 Å². The van der Waals surface area contributed by atoms with Gasteiger partial charge in [-0.25, -0.2) is 4.39 Å². The van der Waals surface area contributed by atoms with Gasteiger partial charge < -0.3 is 4.74 Å². The molecule has 0 saturated heterocycles. The lowest BCUT2D eigenvalue weighted by Gasteiger charge is -2.00. The largest absolute Gasteiger partial charge is 0.469 e. The number of rotatable bonds is 4. The van der Waals surface area contributed by atoms with Crippen LogP contribution in [0.5, 0.6) is 0 Å². The second-order valence-electron chi connectivity index (χ2n) is 3.04. The van der Waals surface area contributed by atoms with Crippen LogP contribution in [0.1, 0.15) is 22.3 Å². The molecule has 0 saturated carbocycles. The Labute approximate surface area is 92.5 Å². The number of halogens is 1. The Hall–Kier alpha value is -1.97. The first-order chi connectivity index (χ1) is 7.69. The second-order valence-corrected chi connectivity index (χ2v) is 3.04. The Morgan fingerprint density at radius 3 is 2.88 bits per heavy atom. The number of ether oxygens (including phenoxy) is 1. The standard InChI is InChI=1S/C12H11FO3/c1-16-12(15)7-3-5-10-9(8-14)4-2-6-11(10)13/h2-6,8H,7H2,1H3. The maximum absolute atomic E-state index is 13.3. The lowest BCUT2D eigenvalue weighted by atomic mass is 10.1. The number of carbonyl (C=O) groups is 2. The van der Waals surface area contributed by atoms with E-state index in [0.29, 0.717) is 6.29 Å². The van der Waals surface area contributed by atoms with Gasteiger partial charge in [0.1, 0.15) is 5.82 Å². The van der Waals surface area contributed by atoms with Crippen LogP contribution in [0.2, 0.25) is 0 Å². The fourth-order valence-electron chi connectivity index (χ4n) is 1.19. The molecule has 0 spiro atoms. The average molecular weight is 222 g/mol. The summed E-state index contributed by atoms with van der Waals surface area (Å²) in [6.07, 6.45) is 3.47. The Balaban J connectivity index is 2.87. The maximum Gasteiger partial charge on any atom is 0.309 e. The van der Waals surface area contributed by atoms with Crippen LogP contribution in [-0.2, 0) is 9.53 Å². The van der Waals surface area contributed by atoms with Crippen molar-refractivity contribution in [3.8, 4) is 0 Å². The summed E-state index contributed by atoms with van der Waals surface area (Å²) in [6, 6.07) is 4.22. The lowest BCUT2D eigenvalue weighted by Crippen LogP contribution is -1.97. The molecule has 0 aliphatic heterocycles. The van der Waals surface area contributed by atoms with Gasteiger partial charge in [0.05, 0.1) is 13.5 Å². The minimum Gasteiger partial charge on any atom is -0.469 e. The van der Waals surface area contributed by atoms with Gasteiger partial charge in [-0.05, 0) is 6.07 Å². The van der Waals surface area contributed by atoms with Gasteiger partial charge in [0.2, 0.25) is 0 Å². The van der Waals surface area contributed by atoms with Crippen molar-refractivity contribution in [3.63, 3.8) is 0 Å². The Morgan fingerprint density at radius 2 is 2.25 bits per heavy atom. The van der Waals surface area contributed by atoms with E-state index in [4.69, 9.17) is 0 Å². The quantitative estimate of drug-likeness (QED) is 0.579. The molecule has 0 amide bonds. The molecule has 4 heteroatoms. The van der Waals surface area contributed by atoms with E-state index in [9.17, 15) is 14.0 Å². The van der Waals surface area contributed by atoms with E-state index in [2.05, 4.69) is 4.74 Å². The van der Waals surface area contributed by atoms with Gasteiger partial charge in [0.15, 0.2) is 6.29 Å². The number of hydrogen-bond donors (Lipinski definition) is 0. The summed E-state index contributed by atoms with van der Waals surface area (Å²) in [5, 5.41) is 0. The van der Waals surface area contributed by atoms with Crippen LogP contribution < -0.4 is 0 Å². The van der Waals surface area contributed by atoms with E-state index in [0.717, 1.165) is 0 Å². The molecule has 0 atom stereocenters. The SMILES string of the molecule is COC(=O)CC=Cc1c(F)cccc1C=O. The second kappa shape index (κ2) is 5.80. The number of methoxy groups -OCH3 is 1. The van der Waals surface area contributed by atoms with Gasteiger partial charge in [-0.2, -0.15) is 0 Å². The highest BCUT2D eigenvalue weighted by atomic mass is 19.1. The minimum absolute atomic E-state index is 0.0448. The summed E-state index contributed by atoms with van der Waals surface area (Å²) >= 11 is 0. The molecule has 84 valence electrons. The number of esters is 1. The third kappa shape index (κ3) is 3.02. The van der Waals surface area contributed by atoms with Crippen LogP contribution in [0.15, 0.2) is 24.3 Å². The first kappa shape index (κ1) is 12.1. The molecule has 1 aromatic rings. The van der Waals surface area contributed by atoms with Gasteiger partial charge in [-0.1, -0.05) is 24.3 Å². The summed E-state index contributed by atoms with van der Waals surface area (Å²) < 4.78 is 17.7. The van der Waals surface area contributed by atoms with E-state index in [1.54, 1.807) is 0 Å². The monoisotopic (exact) mass is 222 g/mol. The van der Waals surface area contributed by atoms with Crippen molar-refractivity contribution in [1.82, 2.24) is 0 Å². The fraction of sp³-hybridized carbons (Fsp3) is 0.167. The molecule has 0 heterocycles. The highest BCUT2D eigenvalue weighted by Gasteiger charge is 2.04. The molecular weight excluding hydrogens is 211 g/mol. The Bertz CT molecular complexity index is 424. The van der Waals surface area contributed by atoms with Gasteiger partial charge >= 0.3 is 5.97 Å². The topological polar surface area (TPSA) is 43.4 Å². The van der Waals surface area contributed by atoms with Crippen LogP contribution in [-0.4, -0.2) is 19.4 Å². The van der Waals surface area contributed by atoms with Gasteiger partial charge in [0, 0.05) is 11.1 Å². The Kier molecular flexibility index (Phi) is 4.39. The third-order valence-corrected chi connectivity index (χ3v) is 2.01. The van der Waals surface area contributed by atoms with E-state index in [1.165, 1.54) is 37.5 Å². The zero-order chi connectivity index (χ0) is 12.0. The van der Waals surface area contributed by atoms with Crippen LogP contribution >= 0.6 is 0 Å². The first-order valence-electron chi connectivity index (χ1n) is 4.66. The van der Waals surface area contributed by atoms with Crippen LogP contribution in [0.3, 0.4) is 0 Å². The molecule has 0 N–H and O–H groups in total. The minimum atomic E-state index is -0.495. The van der Waals surface area contributed by atoms with Crippen molar-refractivity contribution in [2.24, 2.45) is 0 Å². The summed E-state index contributed by atoms with van der Waals surface area (Å²) in [6.45, 7) is 0. The van der Waals surface area contributed by atoms with Gasteiger partial charge in [0.25, 0.3) is 0 Å². The predicted molar refractivity (Wildman–Crippen MR) is 57.5 cm³/mol. The summed E-state index contributed by atoms with van der Waals surface area (Å²) in [7, 11) is 1.27. The van der Waals surface area contributed by atoms with Crippen molar-refractivity contribution < 1.29 is 18.7 Å². The highest BCUT2D eigenvalue weighted by molar-refractivity contribution is 5.82. The van der Waals surface area contributed by atoms with E-state index in [-0.39, 0.29) is 17.5 Å². The number of benzene rings is 1. The average Bonchev–Trinajstić information content (AvgIpc) is 2.30. The molecule has 0 unspecified atom stereocenters. The van der Waals surface area contributed by atoms with E-state index in [1.807, 2.05) is 0 Å². The predicted octanol–water partition coefficient (Wildman–Crippen LogP) is 2.21. The smallest absolute Gasteiger partial charge is 0.309 e. The summed E-state index contributed by atoms with van der Waals surface area (Å²) in [5.41, 5.74) is 0.433. The molecule has 0 aliphatic rings. The molecule has 0 bridgehead atoms. The van der Waals surface area contributed by atoms with Crippen molar-refractivity contribution in [1.29, 1.82) is 0 Å². The lowest BCUT2D eigenvalue weighted by molar-refractivity contribution is -0.139. The van der Waals surface area contributed by atoms with E-state index < -0.39 is 11.8 Å². The van der Waals surface area contributed by atoms with Gasteiger partial charge in [-0.15, -0.1) is 0 Å². The van der Waals surface area contributed by atoms with Gasteiger partial charge in [-0.3, -0.25) is 9.59 Å². The summed E-state index contributed by atoms with van der Waals surface area (Å²) in [4.78, 5) is 21.4. The first-order valence-corrected chi connectivity index (χ1v) is 4.66. The van der Waals surface area contributed by atoms with Crippen LogP contribution in [0.4, 0.5) is 4.39 Å². The molecule has 1 aromatic carbocycles. The maximum atomic E-state index is 13.3. The van der Waals surface area contributed by atoms with E-state index >= 15 is 0 Å². The summed E-state index contributed by atoms with van der Waals surface area (Å²) in [5.74, 6) is -0.911. The fourth-order valence-corrected chi connectivity index (χ4v) is 1.19. The molecule has 0 aromatic heterocycles. The molecule has 1 rings (SSSR count). The third-order valence-electron chi connectivity index (χ3n) is 2.01. The molecule has 0 radical (unpaired) electrons. The zero-order valence-electron chi connectivity index (χ0n) is 8.77. The molecule has 3 nitrogen and oxygen atoms in total. The van der Waals surface area contributed by atoms with Crippen molar-refractivity contribution in [3.05, 3.63) is 41.2 Å². The zero-order valence-corrected chi connectivity index (χ0v) is 8.77. The normalized spacial score (nSPS) is 10.4. The Morgan fingerprint density at radius 1 is 1.50 bits per heavy atom. The molecular formula is C12H11FO3. The molecule has 0 aliphatic carbocycles. The van der Waals surface area contributed by atoms with Crippen LogP contribution in [0, 0.1) is 5.82 Å². The molecule has 16 heavy (non-hydrogen) atoms. The number of carbonyl (C=O) groups excluding carboxylic acids is 2. The van der Waals surface area contributed by atoms with Crippen molar-refractivity contribution in [2.45, 2.75) is 6.42 Å². The number of hydrogen-bond acceptors (Lipinski definition) is 3.